The van der Waals surface area contributed by atoms with Crippen molar-refractivity contribution in [2.24, 2.45) is 5.73 Å². The molecule has 15 heavy (non-hydrogen) atoms. The van der Waals surface area contributed by atoms with Crippen LogP contribution >= 0.6 is 23.5 Å². The van der Waals surface area contributed by atoms with Crippen LogP contribution in [0.15, 0.2) is 12.2 Å². The first kappa shape index (κ1) is 13.5. The van der Waals surface area contributed by atoms with E-state index in [9.17, 15) is 0 Å². The van der Waals surface area contributed by atoms with Crippen molar-refractivity contribution >= 4 is 23.5 Å². The average Bonchev–Trinajstić information content (AvgIpc) is 2.62. The van der Waals surface area contributed by atoms with Crippen molar-refractivity contribution in [2.45, 2.75) is 55.4 Å². The van der Waals surface area contributed by atoms with Gasteiger partial charge in [0.2, 0.25) is 0 Å². The van der Waals surface area contributed by atoms with Gasteiger partial charge in [0.1, 0.15) is 0 Å². The van der Waals surface area contributed by atoms with Crippen molar-refractivity contribution in [3.63, 3.8) is 0 Å². The third kappa shape index (κ3) is 5.88. The Morgan fingerprint density at radius 2 is 2.07 bits per heavy atom. The van der Waals surface area contributed by atoms with Crippen molar-refractivity contribution < 1.29 is 0 Å². The van der Waals surface area contributed by atoms with E-state index in [0.29, 0.717) is 0 Å². The van der Waals surface area contributed by atoms with Gasteiger partial charge in [-0.15, -0.1) is 18.3 Å². The monoisotopic (exact) mass is 245 g/mol. The molecule has 0 radical (unpaired) electrons. The lowest BCUT2D eigenvalue weighted by Gasteiger charge is -2.34. The first-order valence-electron chi connectivity index (χ1n) is 5.45. The fraction of sp³-hybridized carbons (Fsp3) is 0.833. The summed E-state index contributed by atoms with van der Waals surface area (Å²) in [5, 5.41) is 0.883. The molecule has 2 unspecified atom stereocenters. The van der Waals surface area contributed by atoms with Crippen LogP contribution < -0.4 is 5.73 Å². The standard InChI is InChI=1S/C12H23NS2/c1-9(2)6-12(5,13)15-11(3,4)7-10-8-14-10/h10H,1,6-8,13H2,2-5H3. The average molecular weight is 245 g/mol. The summed E-state index contributed by atoms with van der Waals surface area (Å²) in [5.74, 6) is 1.34. The number of nitrogens with two attached hydrogens (primary N) is 1. The maximum Gasteiger partial charge on any atom is 0.0634 e. The molecule has 1 saturated heterocycles. The van der Waals surface area contributed by atoms with E-state index in [0.717, 1.165) is 11.7 Å². The van der Waals surface area contributed by atoms with Crippen LogP contribution in [0.2, 0.25) is 0 Å². The summed E-state index contributed by atoms with van der Waals surface area (Å²) >= 11 is 3.97. The Morgan fingerprint density at radius 3 is 2.47 bits per heavy atom. The van der Waals surface area contributed by atoms with E-state index in [-0.39, 0.29) is 9.62 Å². The molecule has 88 valence electrons. The molecule has 0 amide bonds. The lowest BCUT2D eigenvalue weighted by molar-refractivity contribution is 0.611. The lowest BCUT2D eigenvalue weighted by atomic mass is 10.1. The zero-order valence-corrected chi connectivity index (χ0v) is 11.9. The maximum absolute atomic E-state index is 6.30. The van der Waals surface area contributed by atoms with E-state index in [1.54, 1.807) is 0 Å². The molecule has 0 aromatic rings. The SMILES string of the molecule is C=C(C)CC(C)(N)SC(C)(C)CC1CS1. The van der Waals surface area contributed by atoms with E-state index in [2.05, 4.69) is 46.0 Å². The highest BCUT2D eigenvalue weighted by Crippen LogP contribution is 2.45. The summed E-state index contributed by atoms with van der Waals surface area (Å²) < 4.78 is 0.285. The molecule has 0 spiro atoms. The second kappa shape index (κ2) is 4.72. The largest absolute Gasteiger partial charge is 0.317 e. The van der Waals surface area contributed by atoms with Gasteiger partial charge in [-0.3, -0.25) is 0 Å². The van der Waals surface area contributed by atoms with Gasteiger partial charge in [0.25, 0.3) is 0 Å². The first-order valence-corrected chi connectivity index (χ1v) is 7.32. The second-order valence-corrected chi connectivity index (χ2v) is 9.04. The van der Waals surface area contributed by atoms with Crippen LogP contribution in [-0.2, 0) is 0 Å². The lowest BCUT2D eigenvalue weighted by Crippen LogP contribution is -2.38. The fourth-order valence-electron chi connectivity index (χ4n) is 2.04. The highest BCUT2D eigenvalue weighted by atomic mass is 32.2. The summed E-state index contributed by atoms with van der Waals surface area (Å²) in [6.07, 6.45) is 2.17. The van der Waals surface area contributed by atoms with Crippen molar-refractivity contribution in [2.75, 3.05) is 5.75 Å². The van der Waals surface area contributed by atoms with Gasteiger partial charge in [0.05, 0.1) is 4.87 Å². The molecule has 0 aromatic heterocycles. The number of hydrogen-bond donors (Lipinski definition) is 1. The molecule has 1 aliphatic heterocycles. The third-order valence-electron chi connectivity index (χ3n) is 2.28. The van der Waals surface area contributed by atoms with Crippen molar-refractivity contribution in [3.8, 4) is 0 Å². The van der Waals surface area contributed by atoms with Gasteiger partial charge in [-0.1, -0.05) is 19.4 Å². The maximum atomic E-state index is 6.30. The molecule has 1 nitrogen and oxygen atoms in total. The summed E-state index contributed by atoms with van der Waals surface area (Å²) in [6.45, 7) is 12.7. The molecule has 1 heterocycles. The van der Waals surface area contributed by atoms with E-state index < -0.39 is 0 Å². The summed E-state index contributed by atoms with van der Waals surface area (Å²) in [4.78, 5) is -0.172. The molecule has 0 bridgehead atoms. The predicted octanol–water partition coefficient (Wildman–Crippen LogP) is 3.64. The van der Waals surface area contributed by atoms with Gasteiger partial charge in [0.15, 0.2) is 0 Å². The highest BCUT2D eigenvalue weighted by Gasteiger charge is 2.35. The molecule has 0 aliphatic carbocycles. The Morgan fingerprint density at radius 1 is 1.53 bits per heavy atom. The molecule has 1 rings (SSSR count). The van der Waals surface area contributed by atoms with Crippen LogP contribution in [-0.4, -0.2) is 20.6 Å². The Bertz CT molecular complexity index is 242. The summed E-state index contributed by atoms with van der Waals surface area (Å²) in [7, 11) is 0. The summed E-state index contributed by atoms with van der Waals surface area (Å²) in [5.41, 5.74) is 7.47. The topological polar surface area (TPSA) is 26.0 Å². The predicted molar refractivity (Wildman–Crippen MR) is 74.6 cm³/mol. The first-order chi connectivity index (χ1) is 6.70. The number of rotatable bonds is 6. The van der Waals surface area contributed by atoms with Crippen LogP contribution in [0, 0.1) is 0 Å². The Kier molecular flexibility index (Phi) is 4.24. The van der Waals surface area contributed by atoms with E-state index in [4.69, 9.17) is 5.73 Å². The molecule has 1 aliphatic rings. The normalized spacial score (nSPS) is 24.7. The molecule has 1 fully saturated rings. The number of hydrogen-bond acceptors (Lipinski definition) is 3. The minimum Gasteiger partial charge on any atom is -0.317 e. The second-order valence-electron chi connectivity index (χ2n) is 5.47. The number of thioether (sulfide) groups is 2. The van der Waals surface area contributed by atoms with Gasteiger partial charge >= 0.3 is 0 Å². The molecule has 2 atom stereocenters. The Labute approximate surface area is 103 Å². The summed E-state index contributed by atoms with van der Waals surface area (Å²) in [6, 6.07) is 0. The van der Waals surface area contributed by atoms with Gasteiger partial charge in [-0.05, 0) is 26.7 Å². The van der Waals surface area contributed by atoms with Crippen molar-refractivity contribution in [1.82, 2.24) is 0 Å². The molecule has 0 saturated carbocycles. The molecular formula is C12H23NS2. The zero-order chi connectivity index (χ0) is 11.7. The third-order valence-corrected chi connectivity index (χ3v) is 4.59. The van der Waals surface area contributed by atoms with Crippen LogP contribution in [0.4, 0.5) is 0 Å². The van der Waals surface area contributed by atoms with E-state index >= 15 is 0 Å². The molecule has 3 heteroatoms. The Hall–Kier alpha value is 0.400. The van der Waals surface area contributed by atoms with Gasteiger partial charge < -0.3 is 5.73 Å². The van der Waals surface area contributed by atoms with Gasteiger partial charge in [-0.25, -0.2) is 0 Å². The smallest absolute Gasteiger partial charge is 0.0634 e. The quantitative estimate of drug-likeness (QED) is 0.439. The van der Waals surface area contributed by atoms with Crippen LogP contribution in [0.5, 0.6) is 0 Å². The van der Waals surface area contributed by atoms with E-state index in [1.807, 2.05) is 11.8 Å². The molecule has 2 N–H and O–H groups in total. The van der Waals surface area contributed by atoms with Gasteiger partial charge in [0, 0.05) is 15.7 Å². The Balaban J connectivity index is 2.45. The van der Waals surface area contributed by atoms with Crippen molar-refractivity contribution in [1.29, 1.82) is 0 Å². The molecule has 0 aromatic carbocycles. The molecular weight excluding hydrogens is 222 g/mol. The minimum absolute atomic E-state index is 0.172. The zero-order valence-electron chi connectivity index (χ0n) is 10.3. The fourth-order valence-corrected chi connectivity index (χ4v) is 4.80. The van der Waals surface area contributed by atoms with Crippen molar-refractivity contribution in [3.05, 3.63) is 12.2 Å². The van der Waals surface area contributed by atoms with E-state index in [1.165, 1.54) is 17.7 Å². The highest BCUT2D eigenvalue weighted by molar-refractivity contribution is 8.07. The van der Waals surface area contributed by atoms with Crippen LogP contribution in [0.3, 0.4) is 0 Å². The minimum atomic E-state index is -0.172. The van der Waals surface area contributed by atoms with Crippen LogP contribution in [0.1, 0.15) is 40.5 Å². The van der Waals surface area contributed by atoms with Gasteiger partial charge in [-0.2, -0.15) is 11.8 Å². The van der Waals surface area contributed by atoms with Crippen LogP contribution in [0.25, 0.3) is 0 Å².